The maximum absolute atomic E-state index is 12.2. The molecule has 1 amide bonds. The molecule has 0 aliphatic rings. The average molecular weight is 507 g/mol. The van der Waals surface area contributed by atoms with Crippen LogP contribution >= 0.6 is 0 Å². The topological polar surface area (TPSA) is 214 Å². The number of ether oxygens (including phenoxy) is 1. The van der Waals surface area contributed by atoms with Gasteiger partial charge in [0.05, 0.1) is 32.7 Å². The van der Waals surface area contributed by atoms with Crippen molar-refractivity contribution in [3.05, 3.63) is 0 Å². The first-order valence-corrected chi connectivity index (χ1v) is 10.6. The maximum atomic E-state index is 12.2. The molecule has 15 nitrogen and oxygen atoms in total. The molecule has 0 aliphatic carbocycles. The predicted octanol–water partition coefficient (Wildman–Crippen LogP) is -2.31. The number of esters is 1. The molecule has 0 heterocycles. The van der Waals surface area contributed by atoms with Gasteiger partial charge in [0.1, 0.15) is 12.1 Å². The van der Waals surface area contributed by atoms with Crippen LogP contribution in [0.3, 0.4) is 0 Å². The minimum Gasteiger partial charge on any atom is -0.480 e. The highest BCUT2D eigenvalue weighted by molar-refractivity contribution is 5.83. The Morgan fingerprint density at radius 3 is 1.34 bits per heavy atom. The van der Waals surface area contributed by atoms with Crippen molar-refractivity contribution in [1.82, 2.24) is 20.0 Å². The van der Waals surface area contributed by atoms with Crippen molar-refractivity contribution in [1.29, 1.82) is 0 Å². The lowest BCUT2D eigenvalue weighted by molar-refractivity contribution is -0.154. The molecular weight excluding hydrogens is 472 g/mol. The lowest BCUT2D eigenvalue weighted by Crippen LogP contribution is -2.47. The summed E-state index contributed by atoms with van der Waals surface area (Å²) in [6, 6.07) is 0. The van der Waals surface area contributed by atoms with E-state index in [2.05, 4.69) is 5.32 Å². The van der Waals surface area contributed by atoms with Crippen LogP contribution in [0.25, 0.3) is 0 Å². The molecule has 0 aliphatic heterocycles. The molecule has 35 heavy (non-hydrogen) atoms. The van der Waals surface area contributed by atoms with Gasteiger partial charge >= 0.3 is 29.8 Å². The summed E-state index contributed by atoms with van der Waals surface area (Å²) in [6.07, 6.45) is 0. The van der Waals surface area contributed by atoms with Gasteiger partial charge in [0.15, 0.2) is 0 Å². The third-order valence-corrected chi connectivity index (χ3v) is 4.12. The maximum Gasteiger partial charge on any atom is 0.325 e. The molecule has 200 valence electrons. The molecule has 0 bridgehead atoms. The van der Waals surface area contributed by atoms with E-state index in [1.165, 1.54) is 9.80 Å². The Balaban J connectivity index is 5.01. The Labute approximate surface area is 202 Å². The van der Waals surface area contributed by atoms with Gasteiger partial charge in [-0.15, -0.1) is 0 Å². The third kappa shape index (κ3) is 18.8. The zero-order valence-corrected chi connectivity index (χ0v) is 20.1. The number of nitrogens with zero attached hydrogens (tertiary/aromatic N) is 3. The number of carbonyl (C=O) groups is 6. The summed E-state index contributed by atoms with van der Waals surface area (Å²) < 4.78 is 5.07. The number of aliphatic carboxylic acids is 4. The van der Waals surface area contributed by atoms with Crippen LogP contribution in [0.15, 0.2) is 0 Å². The van der Waals surface area contributed by atoms with Crippen LogP contribution in [-0.4, -0.2) is 142 Å². The highest BCUT2D eigenvalue weighted by Gasteiger charge is 2.21. The summed E-state index contributed by atoms with van der Waals surface area (Å²) in [7, 11) is 0. The monoisotopic (exact) mass is 506 g/mol. The van der Waals surface area contributed by atoms with Crippen molar-refractivity contribution >= 4 is 35.8 Å². The lowest BCUT2D eigenvalue weighted by Gasteiger charge is -2.27. The second-order valence-corrected chi connectivity index (χ2v) is 8.64. The fourth-order valence-corrected chi connectivity index (χ4v) is 2.84. The Hall–Kier alpha value is -3.30. The number of carboxylic acid groups (broad SMARTS) is 4. The van der Waals surface area contributed by atoms with Gasteiger partial charge in [-0.3, -0.25) is 43.5 Å². The molecule has 0 atom stereocenters. The summed E-state index contributed by atoms with van der Waals surface area (Å²) in [5.74, 6) is -6.25. The van der Waals surface area contributed by atoms with E-state index in [0.29, 0.717) is 0 Å². The van der Waals surface area contributed by atoms with Crippen LogP contribution in [0.2, 0.25) is 0 Å². The van der Waals surface area contributed by atoms with E-state index >= 15 is 0 Å². The fourth-order valence-electron chi connectivity index (χ4n) is 2.84. The van der Waals surface area contributed by atoms with E-state index in [4.69, 9.17) is 25.2 Å². The number of carboxylic acids is 4. The van der Waals surface area contributed by atoms with Crippen LogP contribution in [0.5, 0.6) is 0 Å². The zero-order valence-electron chi connectivity index (χ0n) is 20.1. The fraction of sp³-hybridized carbons (Fsp3) is 0.700. The second-order valence-electron chi connectivity index (χ2n) is 8.64. The van der Waals surface area contributed by atoms with E-state index < -0.39 is 74.1 Å². The minimum absolute atomic E-state index is 0.00704. The van der Waals surface area contributed by atoms with Gasteiger partial charge in [0, 0.05) is 26.2 Å². The lowest BCUT2D eigenvalue weighted by atomic mass is 10.2. The van der Waals surface area contributed by atoms with Gasteiger partial charge in [-0.05, 0) is 20.8 Å². The number of hydrogen-bond acceptors (Lipinski definition) is 10. The predicted molar refractivity (Wildman–Crippen MR) is 119 cm³/mol. The highest BCUT2D eigenvalue weighted by atomic mass is 16.6. The van der Waals surface area contributed by atoms with E-state index in [9.17, 15) is 28.8 Å². The van der Waals surface area contributed by atoms with E-state index in [0.717, 1.165) is 4.90 Å². The van der Waals surface area contributed by atoms with Gasteiger partial charge in [0.25, 0.3) is 0 Å². The van der Waals surface area contributed by atoms with Gasteiger partial charge in [0.2, 0.25) is 5.91 Å². The van der Waals surface area contributed by atoms with Crippen LogP contribution < -0.4 is 5.32 Å². The average Bonchev–Trinajstić information content (AvgIpc) is 2.65. The summed E-state index contributed by atoms with van der Waals surface area (Å²) in [4.78, 5) is 71.8. The molecule has 0 spiro atoms. The summed E-state index contributed by atoms with van der Waals surface area (Å²) >= 11 is 0. The number of rotatable bonds is 18. The van der Waals surface area contributed by atoms with Gasteiger partial charge in [-0.25, -0.2) is 0 Å². The molecule has 0 rings (SSSR count). The van der Waals surface area contributed by atoms with Crippen molar-refractivity contribution in [2.24, 2.45) is 0 Å². The smallest absolute Gasteiger partial charge is 0.325 e. The van der Waals surface area contributed by atoms with Crippen LogP contribution in [0, 0.1) is 0 Å². The van der Waals surface area contributed by atoms with Crippen molar-refractivity contribution in [2.75, 3.05) is 65.4 Å². The first-order valence-electron chi connectivity index (χ1n) is 10.6. The molecular formula is C20H34N4O11. The molecule has 15 heteroatoms. The number of nitrogens with one attached hydrogen (secondary N) is 1. The van der Waals surface area contributed by atoms with Gasteiger partial charge < -0.3 is 30.5 Å². The van der Waals surface area contributed by atoms with E-state index in [-0.39, 0.29) is 32.7 Å². The standard InChI is InChI=1S/C20H34N4O11/c1-20(2,3)35-19(34)8-21-14(25)9-23(11-16(28)29)6-4-22(10-15(26)27)5-7-24(12-17(30)31)13-18(32)33/h4-13H2,1-3H3,(H,21,25)(H,26,27)(H,28,29)(H,30,31)(H,32,33). The molecule has 0 saturated carbocycles. The molecule has 0 radical (unpaired) electrons. The summed E-state index contributed by atoms with van der Waals surface area (Å²) in [5, 5.41) is 38.4. The number of amides is 1. The molecule has 0 saturated heterocycles. The number of carbonyl (C=O) groups excluding carboxylic acids is 2. The molecule has 5 N–H and O–H groups in total. The SMILES string of the molecule is CC(C)(C)OC(=O)CNC(=O)CN(CCN(CCN(CC(=O)O)CC(=O)O)CC(=O)O)CC(=O)O. The Kier molecular flexibility index (Phi) is 14.1. The molecule has 0 aromatic rings. The van der Waals surface area contributed by atoms with E-state index in [1.807, 2.05) is 0 Å². The van der Waals surface area contributed by atoms with Crippen LogP contribution in [0.1, 0.15) is 20.8 Å². The van der Waals surface area contributed by atoms with Crippen LogP contribution in [0.4, 0.5) is 0 Å². The Bertz CT molecular complexity index is 751. The van der Waals surface area contributed by atoms with Gasteiger partial charge in [-0.2, -0.15) is 0 Å². The summed E-state index contributed by atoms with van der Waals surface area (Å²) in [6.45, 7) is 1.92. The summed E-state index contributed by atoms with van der Waals surface area (Å²) in [5.41, 5.74) is -0.741. The zero-order chi connectivity index (χ0) is 27.2. The first-order chi connectivity index (χ1) is 16.1. The minimum atomic E-state index is -1.25. The molecule has 0 fully saturated rings. The molecule has 0 aromatic carbocycles. The first kappa shape index (κ1) is 31.7. The normalized spacial score (nSPS) is 11.5. The highest BCUT2D eigenvalue weighted by Crippen LogP contribution is 2.06. The second kappa shape index (κ2) is 15.6. The quantitative estimate of drug-likeness (QED) is 0.124. The molecule has 0 aromatic heterocycles. The van der Waals surface area contributed by atoms with Gasteiger partial charge in [-0.1, -0.05) is 0 Å². The van der Waals surface area contributed by atoms with Crippen molar-refractivity contribution in [3.8, 4) is 0 Å². The van der Waals surface area contributed by atoms with Crippen LogP contribution in [-0.2, 0) is 33.5 Å². The molecule has 0 unspecified atom stereocenters. The Morgan fingerprint density at radius 2 is 0.971 bits per heavy atom. The van der Waals surface area contributed by atoms with Crippen molar-refractivity contribution in [3.63, 3.8) is 0 Å². The van der Waals surface area contributed by atoms with Crippen molar-refractivity contribution < 1.29 is 53.9 Å². The largest absolute Gasteiger partial charge is 0.480 e. The number of hydrogen-bond donors (Lipinski definition) is 5. The van der Waals surface area contributed by atoms with Crippen molar-refractivity contribution in [2.45, 2.75) is 26.4 Å². The van der Waals surface area contributed by atoms with E-state index in [1.54, 1.807) is 20.8 Å². The Morgan fingerprint density at radius 1 is 0.629 bits per heavy atom. The third-order valence-electron chi connectivity index (χ3n) is 4.12.